The molecule has 0 aliphatic rings. The van der Waals surface area contributed by atoms with E-state index in [1.165, 1.54) is 18.4 Å². The van der Waals surface area contributed by atoms with Crippen molar-refractivity contribution in [1.29, 1.82) is 0 Å². The lowest BCUT2D eigenvalue weighted by molar-refractivity contribution is -0.294. The van der Waals surface area contributed by atoms with Crippen LogP contribution in [0.2, 0.25) is 0 Å². The van der Waals surface area contributed by atoms with Gasteiger partial charge in [0.2, 0.25) is 0 Å². The number of carbonyl (C=O) groups excluding carboxylic acids is 1. The zero-order chi connectivity index (χ0) is 16.9. The van der Waals surface area contributed by atoms with Crippen LogP contribution in [-0.2, 0) is 9.63 Å². The van der Waals surface area contributed by atoms with E-state index in [2.05, 4.69) is 25.5 Å². The molecule has 8 nitrogen and oxygen atoms in total. The fourth-order valence-electron chi connectivity index (χ4n) is 1.91. The van der Waals surface area contributed by atoms with Gasteiger partial charge in [-0.05, 0) is 18.2 Å². The molecule has 0 fully saturated rings. The molecule has 0 amide bonds. The smallest absolute Gasteiger partial charge is 0.187 e. The van der Waals surface area contributed by atoms with Crippen molar-refractivity contribution in [2.75, 3.05) is 12.4 Å². The van der Waals surface area contributed by atoms with Gasteiger partial charge in [-0.1, -0.05) is 16.4 Å². The largest absolute Gasteiger partial charge is 0.543 e. The third-order valence-electron chi connectivity index (χ3n) is 2.93. The van der Waals surface area contributed by atoms with Gasteiger partial charge in [0.1, 0.15) is 18.5 Å². The number of thiophene rings is 1. The van der Waals surface area contributed by atoms with Crippen LogP contribution in [0.15, 0.2) is 51.6 Å². The Morgan fingerprint density at radius 3 is 3.00 bits per heavy atom. The first-order valence-electron chi connectivity index (χ1n) is 6.74. The number of nitrogens with zero attached hydrogens (tertiary/aromatic N) is 3. The van der Waals surface area contributed by atoms with Crippen LogP contribution in [-0.4, -0.2) is 28.9 Å². The molecule has 3 aromatic rings. The standard InChI is InChI=1S/C15H12N4O4S/c1-22-19-14(15(20)21)9-6-13(24-8-9)17-12-7-11(23-18-12)10-4-2-3-5-16-10/h2-8H,1H3,(H,17,18)(H,20,21)/p-1/b19-14+. The van der Waals surface area contributed by atoms with Crippen molar-refractivity contribution in [3.8, 4) is 11.5 Å². The van der Waals surface area contributed by atoms with Gasteiger partial charge in [0.25, 0.3) is 0 Å². The Labute approximate surface area is 140 Å². The number of rotatable bonds is 6. The van der Waals surface area contributed by atoms with Crippen molar-refractivity contribution in [2.24, 2.45) is 5.16 Å². The molecule has 0 unspecified atom stereocenters. The second kappa shape index (κ2) is 6.92. The van der Waals surface area contributed by atoms with E-state index < -0.39 is 5.97 Å². The average Bonchev–Trinajstić information content (AvgIpc) is 3.23. The molecular weight excluding hydrogens is 332 g/mol. The monoisotopic (exact) mass is 343 g/mol. The molecule has 0 saturated heterocycles. The first-order chi connectivity index (χ1) is 11.7. The van der Waals surface area contributed by atoms with Gasteiger partial charge in [-0.25, -0.2) is 0 Å². The summed E-state index contributed by atoms with van der Waals surface area (Å²) >= 11 is 1.29. The third kappa shape index (κ3) is 3.41. The number of aromatic nitrogens is 2. The Hall–Kier alpha value is -3.20. The van der Waals surface area contributed by atoms with Gasteiger partial charge < -0.3 is 24.6 Å². The molecule has 122 valence electrons. The molecule has 3 aromatic heterocycles. The van der Waals surface area contributed by atoms with Crippen molar-refractivity contribution in [2.45, 2.75) is 0 Å². The van der Waals surface area contributed by atoms with Crippen LogP contribution in [0.25, 0.3) is 11.5 Å². The van der Waals surface area contributed by atoms with Gasteiger partial charge >= 0.3 is 0 Å². The van der Waals surface area contributed by atoms with E-state index in [1.807, 2.05) is 12.1 Å². The number of nitrogens with one attached hydrogen (secondary N) is 1. The van der Waals surface area contributed by atoms with E-state index in [9.17, 15) is 9.90 Å². The third-order valence-corrected chi connectivity index (χ3v) is 3.77. The zero-order valence-corrected chi connectivity index (χ0v) is 13.2. The first kappa shape index (κ1) is 15.7. The Morgan fingerprint density at radius 1 is 1.42 bits per heavy atom. The van der Waals surface area contributed by atoms with Gasteiger partial charge in [0.05, 0.1) is 11.0 Å². The first-order valence-corrected chi connectivity index (χ1v) is 7.62. The highest BCUT2D eigenvalue weighted by Crippen LogP contribution is 2.27. The van der Waals surface area contributed by atoms with Gasteiger partial charge in [-0.3, -0.25) is 4.98 Å². The molecule has 3 rings (SSSR count). The summed E-state index contributed by atoms with van der Waals surface area (Å²) in [6.45, 7) is 0. The van der Waals surface area contributed by atoms with Crippen LogP contribution in [0.5, 0.6) is 0 Å². The van der Waals surface area contributed by atoms with E-state index in [0.717, 1.165) is 0 Å². The molecule has 0 atom stereocenters. The Balaban J connectivity index is 1.77. The number of carbonyl (C=O) groups is 1. The second-order valence-corrected chi connectivity index (χ2v) is 5.44. The molecule has 0 saturated carbocycles. The van der Waals surface area contributed by atoms with E-state index in [0.29, 0.717) is 27.8 Å². The molecule has 1 N–H and O–H groups in total. The lowest BCUT2D eigenvalue weighted by Gasteiger charge is -2.03. The predicted molar refractivity (Wildman–Crippen MR) is 85.9 cm³/mol. The number of oxime groups is 1. The summed E-state index contributed by atoms with van der Waals surface area (Å²) in [4.78, 5) is 19.7. The maximum Gasteiger partial charge on any atom is 0.187 e. The van der Waals surface area contributed by atoms with Crippen LogP contribution >= 0.6 is 11.3 Å². The van der Waals surface area contributed by atoms with E-state index in [-0.39, 0.29) is 5.71 Å². The number of hydrogen-bond acceptors (Lipinski definition) is 9. The maximum atomic E-state index is 11.0. The van der Waals surface area contributed by atoms with Crippen molar-refractivity contribution >= 4 is 33.8 Å². The van der Waals surface area contributed by atoms with Crippen LogP contribution in [0.3, 0.4) is 0 Å². The van der Waals surface area contributed by atoms with Gasteiger partial charge in [0, 0.05) is 23.2 Å². The molecular formula is C15H11N4O4S-. The Bertz CT molecular complexity index is 872. The summed E-state index contributed by atoms with van der Waals surface area (Å²) in [5, 5.41) is 23.7. The highest BCUT2D eigenvalue weighted by Gasteiger charge is 2.12. The Kier molecular flexibility index (Phi) is 4.52. The van der Waals surface area contributed by atoms with Crippen LogP contribution in [0.1, 0.15) is 5.56 Å². The molecule has 0 spiro atoms. The summed E-state index contributed by atoms with van der Waals surface area (Å²) in [7, 11) is 1.27. The summed E-state index contributed by atoms with van der Waals surface area (Å²) in [5.41, 5.74) is 0.755. The van der Waals surface area contributed by atoms with Crippen molar-refractivity contribution in [3.63, 3.8) is 0 Å². The number of carboxylic acid groups (broad SMARTS) is 1. The highest BCUT2D eigenvalue weighted by atomic mass is 32.1. The SMILES string of the molecule is CO/N=C(/C(=O)[O-])c1csc(Nc2cc(-c3ccccn3)on2)c1. The number of anilines is 2. The summed E-state index contributed by atoms with van der Waals surface area (Å²) in [6, 6.07) is 8.77. The van der Waals surface area contributed by atoms with Crippen molar-refractivity contribution in [3.05, 3.63) is 47.5 Å². The lowest BCUT2D eigenvalue weighted by atomic mass is 10.2. The van der Waals surface area contributed by atoms with Crippen LogP contribution in [0.4, 0.5) is 10.8 Å². The number of hydrogen-bond donors (Lipinski definition) is 1. The highest BCUT2D eigenvalue weighted by molar-refractivity contribution is 7.14. The minimum Gasteiger partial charge on any atom is -0.543 e. The maximum absolute atomic E-state index is 11.0. The molecule has 0 aliphatic heterocycles. The van der Waals surface area contributed by atoms with Crippen molar-refractivity contribution < 1.29 is 19.3 Å². The van der Waals surface area contributed by atoms with E-state index in [4.69, 9.17) is 4.52 Å². The quantitative estimate of drug-likeness (QED) is 0.535. The molecule has 0 aliphatic carbocycles. The summed E-state index contributed by atoms with van der Waals surface area (Å²) in [6.07, 6.45) is 1.66. The van der Waals surface area contributed by atoms with E-state index in [1.54, 1.807) is 29.8 Å². The van der Waals surface area contributed by atoms with Crippen LogP contribution < -0.4 is 10.4 Å². The Morgan fingerprint density at radius 2 is 2.29 bits per heavy atom. The lowest BCUT2D eigenvalue weighted by Crippen LogP contribution is -2.32. The molecule has 0 aromatic carbocycles. The minimum atomic E-state index is -1.42. The fraction of sp³-hybridized carbons (Fsp3) is 0.0667. The molecule has 24 heavy (non-hydrogen) atoms. The predicted octanol–water partition coefficient (Wildman–Crippen LogP) is 1.64. The number of aliphatic carboxylic acids is 1. The molecule has 0 bridgehead atoms. The zero-order valence-electron chi connectivity index (χ0n) is 12.4. The molecule has 9 heteroatoms. The van der Waals surface area contributed by atoms with Gasteiger partial charge in [-0.15, -0.1) is 11.3 Å². The average molecular weight is 343 g/mol. The normalized spacial score (nSPS) is 11.3. The molecule has 3 heterocycles. The van der Waals surface area contributed by atoms with E-state index >= 15 is 0 Å². The van der Waals surface area contributed by atoms with Crippen molar-refractivity contribution in [1.82, 2.24) is 10.1 Å². The minimum absolute atomic E-state index is 0.281. The number of pyridine rings is 1. The van der Waals surface area contributed by atoms with Gasteiger partial charge in [0.15, 0.2) is 11.6 Å². The number of carboxylic acids is 1. The van der Waals surface area contributed by atoms with Gasteiger partial charge in [-0.2, -0.15) is 0 Å². The summed E-state index contributed by atoms with van der Waals surface area (Å²) in [5.74, 6) is -0.422. The molecule has 0 radical (unpaired) electrons. The fourth-order valence-corrected chi connectivity index (χ4v) is 2.71. The second-order valence-electron chi connectivity index (χ2n) is 4.53. The van der Waals surface area contributed by atoms with Crippen LogP contribution in [0, 0.1) is 0 Å². The topological polar surface area (TPSA) is 113 Å². The summed E-state index contributed by atoms with van der Waals surface area (Å²) < 4.78 is 5.24.